The number of nitrogens with one attached hydrogen (secondary N) is 3. The monoisotopic (exact) mass is 275 g/mol. The van der Waals surface area contributed by atoms with Gasteiger partial charge in [0.25, 0.3) is 0 Å². The van der Waals surface area contributed by atoms with Crippen LogP contribution < -0.4 is 16.4 Å². The molecule has 20 heavy (non-hydrogen) atoms. The van der Waals surface area contributed by atoms with Crippen LogP contribution in [0.3, 0.4) is 0 Å². The van der Waals surface area contributed by atoms with Crippen LogP contribution in [0.5, 0.6) is 0 Å². The lowest BCUT2D eigenvalue weighted by atomic mass is 9.92. The van der Waals surface area contributed by atoms with Gasteiger partial charge in [-0.2, -0.15) is 0 Å². The van der Waals surface area contributed by atoms with Crippen molar-refractivity contribution < 1.29 is 9.21 Å². The summed E-state index contributed by atoms with van der Waals surface area (Å²) in [5, 5.41) is 6.23. The molecule has 106 valence electrons. The molecular weight excluding hydrogens is 258 g/mol. The SMILES string of the molecule is C[C@H]1C[C@@H](C(=O)Nc2ccc3oc(=O)[nH]c3c2)CCN1. The molecule has 6 heteroatoms. The molecule has 0 unspecified atom stereocenters. The van der Waals surface area contributed by atoms with Crippen LogP contribution in [0.25, 0.3) is 11.1 Å². The quantitative estimate of drug-likeness (QED) is 0.774. The van der Waals surface area contributed by atoms with Gasteiger partial charge < -0.3 is 15.1 Å². The third-order valence-corrected chi connectivity index (χ3v) is 3.68. The molecule has 1 aliphatic heterocycles. The number of hydrogen-bond acceptors (Lipinski definition) is 4. The average molecular weight is 275 g/mol. The van der Waals surface area contributed by atoms with Crippen LogP contribution in [0.1, 0.15) is 19.8 Å². The van der Waals surface area contributed by atoms with Gasteiger partial charge in [0, 0.05) is 17.6 Å². The maximum absolute atomic E-state index is 12.2. The molecule has 0 radical (unpaired) electrons. The number of amides is 1. The molecule has 2 aromatic rings. The highest BCUT2D eigenvalue weighted by atomic mass is 16.4. The zero-order valence-corrected chi connectivity index (χ0v) is 11.2. The van der Waals surface area contributed by atoms with E-state index < -0.39 is 5.76 Å². The predicted octanol–water partition coefficient (Wildman–Crippen LogP) is 1.45. The third kappa shape index (κ3) is 2.60. The number of carbonyl (C=O) groups is 1. The molecule has 6 nitrogen and oxygen atoms in total. The van der Waals surface area contributed by atoms with Crippen LogP contribution in [0, 0.1) is 5.92 Å². The standard InChI is InChI=1S/C14H17N3O3/c1-8-6-9(4-5-15-8)13(18)16-10-2-3-12-11(7-10)17-14(19)20-12/h2-3,7-9,15H,4-6H2,1H3,(H,16,18)(H,17,19)/t8-,9-/m0/s1. The van der Waals surface area contributed by atoms with Gasteiger partial charge in [0.2, 0.25) is 5.91 Å². The second kappa shape index (κ2) is 5.13. The van der Waals surface area contributed by atoms with E-state index in [1.54, 1.807) is 18.2 Å². The van der Waals surface area contributed by atoms with Crippen molar-refractivity contribution in [3.63, 3.8) is 0 Å². The maximum atomic E-state index is 12.2. The molecule has 1 fully saturated rings. The minimum Gasteiger partial charge on any atom is -0.408 e. The maximum Gasteiger partial charge on any atom is 0.417 e. The van der Waals surface area contributed by atoms with E-state index in [1.807, 2.05) is 0 Å². The van der Waals surface area contributed by atoms with Crippen molar-refractivity contribution in [3.8, 4) is 0 Å². The van der Waals surface area contributed by atoms with Crippen molar-refractivity contribution in [2.75, 3.05) is 11.9 Å². The van der Waals surface area contributed by atoms with Gasteiger partial charge in [-0.1, -0.05) is 0 Å². The van der Waals surface area contributed by atoms with Gasteiger partial charge in [-0.3, -0.25) is 9.78 Å². The smallest absolute Gasteiger partial charge is 0.408 e. The summed E-state index contributed by atoms with van der Waals surface area (Å²) in [7, 11) is 0. The lowest BCUT2D eigenvalue weighted by molar-refractivity contribution is -0.120. The van der Waals surface area contributed by atoms with Crippen LogP contribution in [-0.4, -0.2) is 23.5 Å². The van der Waals surface area contributed by atoms with Gasteiger partial charge in [0.1, 0.15) is 0 Å². The van der Waals surface area contributed by atoms with Gasteiger partial charge >= 0.3 is 5.76 Å². The minimum absolute atomic E-state index is 0.0311. The highest BCUT2D eigenvalue weighted by Crippen LogP contribution is 2.20. The second-order valence-electron chi connectivity index (χ2n) is 5.29. The van der Waals surface area contributed by atoms with Crippen LogP contribution in [-0.2, 0) is 4.79 Å². The number of aromatic nitrogens is 1. The topological polar surface area (TPSA) is 87.1 Å². The molecule has 1 amide bonds. The van der Waals surface area contributed by atoms with Crippen LogP contribution >= 0.6 is 0 Å². The third-order valence-electron chi connectivity index (χ3n) is 3.68. The van der Waals surface area contributed by atoms with Crippen molar-refractivity contribution in [1.82, 2.24) is 10.3 Å². The largest absolute Gasteiger partial charge is 0.417 e. The molecule has 3 rings (SSSR count). The normalized spacial score (nSPS) is 22.9. The molecule has 0 bridgehead atoms. The first kappa shape index (κ1) is 12.9. The van der Waals surface area contributed by atoms with Crippen molar-refractivity contribution in [2.24, 2.45) is 5.92 Å². The van der Waals surface area contributed by atoms with E-state index in [4.69, 9.17) is 4.42 Å². The summed E-state index contributed by atoms with van der Waals surface area (Å²) in [6.07, 6.45) is 1.69. The van der Waals surface area contributed by atoms with Gasteiger partial charge in [0.05, 0.1) is 5.52 Å². The van der Waals surface area contributed by atoms with Crippen molar-refractivity contribution in [2.45, 2.75) is 25.8 Å². The van der Waals surface area contributed by atoms with Gasteiger partial charge in [0.15, 0.2) is 5.58 Å². The van der Waals surface area contributed by atoms with E-state index in [-0.39, 0.29) is 11.8 Å². The number of aromatic amines is 1. The Hall–Kier alpha value is -2.08. The summed E-state index contributed by atoms with van der Waals surface area (Å²) in [5.41, 5.74) is 1.75. The molecule has 0 spiro atoms. The molecule has 2 atom stereocenters. The Kier molecular flexibility index (Phi) is 3.31. The lowest BCUT2D eigenvalue weighted by Gasteiger charge is -2.27. The van der Waals surface area contributed by atoms with Gasteiger partial charge in [-0.05, 0) is 44.5 Å². The first-order valence-electron chi connectivity index (χ1n) is 6.79. The number of fused-ring (bicyclic) bond motifs is 1. The number of carbonyl (C=O) groups excluding carboxylic acids is 1. The first-order valence-corrected chi connectivity index (χ1v) is 6.79. The average Bonchev–Trinajstić information content (AvgIpc) is 2.78. The molecular formula is C14H17N3O3. The fraction of sp³-hybridized carbons (Fsp3) is 0.429. The number of hydrogen-bond donors (Lipinski definition) is 3. The van der Waals surface area contributed by atoms with Crippen molar-refractivity contribution >= 4 is 22.7 Å². The van der Waals surface area contributed by atoms with Gasteiger partial charge in [-0.25, -0.2) is 4.79 Å². The number of rotatable bonds is 2. The Morgan fingerprint density at radius 2 is 2.30 bits per heavy atom. The highest BCUT2D eigenvalue weighted by molar-refractivity contribution is 5.94. The number of oxazole rings is 1. The van der Waals surface area contributed by atoms with E-state index in [0.717, 1.165) is 19.4 Å². The zero-order chi connectivity index (χ0) is 14.1. The summed E-state index contributed by atoms with van der Waals surface area (Å²) >= 11 is 0. The molecule has 0 saturated carbocycles. The summed E-state index contributed by atoms with van der Waals surface area (Å²) in [5.74, 6) is -0.426. The van der Waals surface area contributed by atoms with E-state index in [1.165, 1.54) is 0 Å². The minimum atomic E-state index is -0.490. The second-order valence-corrected chi connectivity index (χ2v) is 5.29. The molecule has 1 aromatic heterocycles. The Morgan fingerprint density at radius 3 is 3.10 bits per heavy atom. The number of anilines is 1. The number of H-pyrrole nitrogens is 1. The van der Waals surface area contributed by atoms with Crippen LogP contribution in [0.2, 0.25) is 0 Å². The molecule has 3 N–H and O–H groups in total. The summed E-state index contributed by atoms with van der Waals surface area (Å²) in [6, 6.07) is 5.49. The van der Waals surface area contributed by atoms with E-state index in [0.29, 0.717) is 22.8 Å². The van der Waals surface area contributed by atoms with E-state index in [2.05, 4.69) is 22.5 Å². The van der Waals surface area contributed by atoms with Crippen LogP contribution in [0.4, 0.5) is 5.69 Å². The predicted molar refractivity (Wildman–Crippen MR) is 75.7 cm³/mol. The molecule has 1 aliphatic rings. The fourth-order valence-corrected chi connectivity index (χ4v) is 2.64. The number of piperidine rings is 1. The van der Waals surface area contributed by atoms with E-state index in [9.17, 15) is 9.59 Å². The van der Waals surface area contributed by atoms with Gasteiger partial charge in [-0.15, -0.1) is 0 Å². The van der Waals surface area contributed by atoms with Crippen molar-refractivity contribution in [1.29, 1.82) is 0 Å². The van der Waals surface area contributed by atoms with E-state index >= 15 is 0 Å². The zero-order valence-electron chi connectivity index (χ0n) is 11.2. The highest BCUT2D eigenvalue weighted by Gasteiger charge is 2.24. The molecule has 1 saturated heterocycles. The fourth-order valence-electron chi connectivity index (χ4n) is 2.64. The Balaban J connectivity index is 1.74. The Morgan fingerprint density at radius 1 is 1.45 bits per heavy atom. The Bertz CT molecular complexity index is 688. The summed E-state index contributed by atoms with van der Waals surface area (Å²) in [4.78, 5) is 25.9. The Labute approximate surface area is 115 Å². The molecule has 1 aromatic carbocycles. The summed E-state index contributed by atoms with van der Waals surface area (Å²) in [6.45, 7) is 2.95. The molecule has 2 heterocycles. The number of benzene rings is 1. The lowest BCUT2D eigenvalue weighted by Crippen LogP contribution is -2.40. The first-order chi connectivity index (χ1) is 9.61. The summed E-state index contributed by atoms with van der Waals surface area (Å²) < 4.78 is 4.93. The molecule has 0 aliphatic carbocycles. The van der Waals surface area contributed by atoms with Crippen molar-refractivity contribution in [3.05, 3.63) is 28.7 Å². The van der Waals surface area contributed by atoms with Crippen LogP contribution in [0.15, 0.2) is 27.4 Å².